The van der Waals surface area contributed by atoms with Gasteiger partial charge in [-0.2, -0.15) is 0 Å². The van der Waals surface area contributed by atoms with Gasteiger partial charge in [0.25, 0.3) is 0 Å². The molecule has 0 bridgehead atoms. The number of carboxylic acid groups (broad SMARTS) is 1. The zero-order valence-electron chi connectivity index (χ0n) is 12.9. The van der Waals surface area contributed by atoms with Gasteiger partial charge < -0.3 is 15.3 Å². The highest BCUT2D eigenvalue weighted by Crippen LogP contribution is 2.21. The standard InChI is InChI=1S/C15H28N2O3/c1-15(2,3)8-9-16-14(20)17-10-4-5-12(11-17)6-7-13(18)19/h12H,4-11H2,1-3H3,(H,16,20)(H,18,19). The average molecular weight is 284 g/mol. The van der Waals surface area contributed by atoms with Gasteiger partial charge in [-0.1, -0.05) is 20.8 Å². The number of amides is 2. The van der Waals surface area contributed by atoms with E-state index in [1.165, 1.54) is 0 Å². The number of carbonyl (C=O) groups excluding carboxylic acids is 1. The first kappa shape index (κ1) is 16.8. The van der Waals surface area contributed by atoms with Crippen LogP contribution in [-0.2, 0) is 4.79 Å². The van der Waals surface area contributed by atoms with Crippen LogP contribution in [0, 0.1) is 11.3 Å². The minimum Gasteiger partial charge on any atom is -0.481 e. The first-order valence-corrected chi connectivity index (χ1v) is 7.52. The van der Waals surface area contributed by atoms with Crippen LogP contribution in [0.4, 0.5) is 4.79 Å². The molecule has 0 radical (unpaired) electrons. The van der Waals surface area contributed by atoms with Gasteiger partial charge in [-0.15, -0.1) is 0 Å². The monoisotopic (exact) mass is 284 g/mol. The molecule has 1 saturated heterocycles. The van der Waals surface area contributed by atoms with Crippen LogP contribution < -0.4 is 5.32 Å². The van der Waals surface area contributed by atoms with Crippen LogP contribution in [0.5, 0.6) is 0 Å². The number of urea groups is 1. The molecule has 20 heavy (non-hydrogen) atoms. The van der Waals surface area contributed by atoms with Crippen molar-refractivity contribution in [2.75, 3.05) is 19.6 Å². The van der Waals surface area contributed by atoms with E-state index in [2.05, 4.69) is 26.1 Å². The van der Waals surface area contributed by atoms with E-state index in [0.717, 1.165) is 25.8 Å². The third-order valence-corrected chi connectivity index (χ3v) is 3.72. The van der Waals surface area contributed by atoms with Crippen molar-refractivity contribution in [3.05, 3.63) is 0 Å². The van der Waals surface area contributed by atoms with Crippen LogP contribution in [0.1, 0.15) is 52.9 Å². The molecule has 0 aliphatic carbocycles. The summed E-state index contributed by atoms with van der Waals surface area (Å²) in [5.74, 6) is -0.426. The SMILES string of the molecule is CC(C)(C)CCNC(=O)N1CCCC(CCC(=O)O)C1. The normalized spacial score (nSPS) is 19.8. The number of hydrogen-bond acceptors (Lipinski definition) is 2. The maximum absolute atomic E-state index is 12.1. The maximum Gasteiger partial charge on any atom is 0.317 e. The van der Waals surface area contributed by atoms with Gasteiger partial charge in [-0.05, 0) is 37.0 Å². The molecule has 1 unspecified atom stereocenters. The van der Waals surface area contributed by atoms with Crippen LogP contribution in [0.3, 0.4) is 0 Å². The Morgan fingerprint density at radius 1 is 1.35 bits per heavy atom. The fraction of sp³-hybridized carbons (Fsp3) is 0.867. The van der Waals surface area contributed by atoms with Crippen molar-refractivity contribution in [3.63, 3.8) is 0 Å². The smallest absolute Gasteiger partial charge is 0.317 e. The Kier molecular flexibility index (Phi) is 6.30. The first-order chi connectivity index (χ1) is 9.28. The van der Waals surface area contributed by atoms with Gasteiger partial charge in [0.05, 0.1) is 0 Å². The lowest BCUT2D eigenvalue weighted by molar-refractivity contribution is -0.137. The van der Waals surface area contributed by atoms with Crippen molar-refractivity contribution in [2.24, 2.45) is 11.3 Å². The quantitative estimate of drug-likeness (QED) is 0.815. The molecule has 5 nitrogen and oxygen atoms in total. The van der Waals surface area contributed by atoms with E-state index in [-0.39, 0.29) is 17.9 Å². The number of aliphatic carboxylic acids is 1. The van der Waals surface area contributed by atoms with Crippen LogP contribution in [0.2, 0.25) is 0 Å². The fourth-order valence-corrected chi connectivity index (χ4v) is 2.47. The molecular weight excluding hydrogens is 256 g/mol. The largest absolute Gasteiger partial charge is 0.481 e. The second-order valence-electron chi connectivity index (χ2n) is 6.93. The Balaban J connectivity index is 2.31. The van der Waals surface area contributed by atoms with Crippen LogP contribution in [0.25, 0.3) is 0 Å². The van der Waals surface area contributed by atoms with E-state index in [1.807, 2.05) is 4.90 Å². The highest BCUT2D eigenvalue weighted by atomic mass is 16.4. The average Bonchev–Trinajstić information content (AvgIpc) is 2.35. The van der Waals surface area contributed by atoms with Crippen molar-refractivity contribution in [1.82, 2.24) is 10.2 Å². The molecule has 1 atom stereocenters. The summed E-state index contributed by atoms with van der Waals surface area (Å²) in [4.78, 5) is 24.5. The molecule has 0 saturated carbocycles. The minimum atomic E-state index is -0.753. The Bertz CT molecular complexity index is 337. The highest BCUT2D eigenvalue weighted by molar-refractivity contribution is 5.74. The van der Waals surface area contributed by atoms with Gasteiger partial charge in [0.1, 0.15) is 0 Å². The number of rotatable bonds is 5. The molecule has 0 aromatic carbocycles. The maximum atomic E-state index is 12.1. The summed E-state index contributed by atoms with van der Waals surface area (Å²) in [5, 5.41) is 11.7. The molecule has 0 spiro atoms. The number of hydrogen-bond donors (Lipinski definition) is 2. The van der Waals surface area contributed by atoms with Gasteiger partial charge >= 0.3 is 12.0 Å². The van der Waals surface area contributed by atoms with E-state index in [9.17, 15) is 9.59 Å². The summed E-state index contributed by atoms with van der Waals surface area (Å²) in [6.07, 6.45) is 3.82. The summed E-state index contributed by atoms with van der Waals surface area (Å²) in [6, 6.07) is -0.00530. The molecule has 2 amide bonds. The van der Waals surface area contributed by atoms with E-state index >= 15 is 0 Å². The summed E-state index contributed by atoms with van der Waals surface area (Å²) in [6.45, 7) is 8.63. The molecule has 0 aromatic rings. The molecule has 1 fully saturated rings. The molecule has 1 heterocycles. The number of nitrogens with zero attached hydrogens (tertiary/aromatic N) is 1. The van der Waals surface area contributed by atoms with Crippen LogP contribution in [-0.4, -0.2) is 41.6 Å². The predicted molar refractivity (Wildman–Crippen MR) is 78.6 cm³/mol. The molecule has 2 N–H and O–H groups in total. The zero-order chi connectivity index (χ0) is 15.2. The second kappa shape index (κ2) is 7.50. The molecule has 1 rings (SSSR count). The van der Waals surface area contributed by atoms with Gasteiger partial charge in [0.2, 0.25) is 0 Å². The number of carbonyl (C=O) groups is 2. The molecule has 116 valence electrons. The van der Waals surface area contributed by atoms with Gasteiger partial charge in [-0.3, -0.25) is 4.79 Å². The Morgan fingerprint density at radius 3 is 2.65 bits per heavy atom. The van der Waals surface area contributed by atoms with E-state index in [0.29, 0.717) is 25.4 Å². The molecule has 1 aliphatic heterocycles. The molecule has 0 aromatic heterocycles. The van der Waals surface area contributed by atoms with Crippen molar-refractivity contribution in [1.29, 1.82) is 0 Å². The lowest BCUT2D eigenvalue weighted by Crippen LogP contribution is -2.46. The Labute approximate surface area is 121 Å². The third kappa shape index (κ3) is 6.78. The Morgan fingerprint density at radius 2 is 2.05 bits per heavy atom. The first-order valence-electron chi connectivity index (χ1n) is 7.52. The van der Waals surface area contributed by atoms with E-state index in [4.69, 9.17) is 5.11 Å². The van der Waals surface area contributed by atoms with Crippen molar-refractivity contribution >= 4 is 12.0 Å². The second-order valence-corrected chi connectivity index (χ2v) is 6.93. The van der Waals surface area contributed by atoms with Gasteiger partial charge in [0.15, 0.2) is 0 Å². The third-order valence-electron chi connectivity index (χ3n) is 3.72. The number of nitrogens with one attached hydrogen (secondary N) is 1. The van der Waals surface area contributed by atoms with Crippen molar-refractivity contribution in [2.45, 2.75) is 52.9 Å². The van der Waals surface area contributed by atoms with Gasteiger partial charge in [0, 0.05) is 26.1 Å². The zero-order valence-corrected chi connectivity index (χ0v) is 12.9. The van der Waals surface area contributed by atoms with E-state index in [1.54, 1.807) is 0 Å². The molecule has 5 heteroatoms. The lowest BCUT2D eigenvalue weighted by Gasteiger charge is -2.33. The van der Waals surface area contributed by atoms with Gasteiger partial charge in [-0.25, -0.2) is 4.79 Å². The minimum absolute atomic E-state index is 0.00530. The summed E-state index contributed by atoms with van der Waals surface area (Å²) in [7, 11) is 0. The summed E-state index contributed by atoms with van der Waals surface area (Å²) < 4.78 is 0. The van der Waals surface area contributed by atoms with Crippen LogP contribution >= 0.6 is 0 Å². The predicted octanol–water partition coefficient (Wildman–Crippen LogP) is 2.71. The number of likely N-dealkylation sites (tertiary alicyclic amines) is 1. The van der Waals surface area contributed by atoms with E-state index < -0.39 is 5.97 Å². The van der Waals surface area contributed by atoms with Crippen molar-refractivity contribution in [3.8, 4) is 0 Å². The number of piperidine rings is 1. The molecular formula is C15H28N2O3. The summed E-state index contributed by atoms with van der Waals surface area (Å²) in [5.41, 5.74) is 0.221. The Hall–Kier alpha value is -1.26. The topological polar surface area (TPSA) is 69.6 Å². The van der Waals surface area contributed by atoms with Crippen LogP contribution in [0.15, 0.2) is 0 Å². The lowest BCUT2D eigenvalue weighted by atomic mass is 9.92. The summed E-state index contributed by atoms with van der Waals surface area (Å²) >= 11 is 0. The van der Waals surface area contributed by atoms with Crippen molar-refractivity contribution < 1.29 is 14.7 Å². The number of carboxylic acids is 1. The fourth-order valence-electron chi connectivity index (χ4n) is 2.47. The highest BCUT2D eigenvalue weighted by Gasteiger charge is 2.24. The molecule has 1 aliphatic rings.